The highest BCUT2D eigenvalue weighted by Crippen LogP contribution is 2.24. The number of rotatable bonds is 2. The summed E-state index contributed by atoms with van der Waals surface area (Å²) in [5.74, 6) is 1.04. The summed E-state index contributed by atoms with van der Waals surface area (Å²) in [5, 5.41) is 3.59. The molecule has 0 unspecified atom stereocenters. The summed E-state index contributed by atoms with van der Waals surface area (Å²) in [6.07, 6.45) is 10.1. The van der Waals surface area contributed by atoms with Gasteiger partial charge in [0.25, 0.3) is 0 Å². The molecule has 100 valence electrons. The van der Waals surface area contributed by atoms with Crippen LogP contribution in [0.1, 0.15) is 64.9 Å². The molecule has 1 saturated carbocycles. The minimum Gasteiger partial charge on any atom is -0.367 e. The zero-order valence-corrected chi connectivity index (χ0v) is 12.0. The number of anilines is 1. The Kier molecular flexibility index (Phi) is 4.26. The van der Waals surface area contributed by atoms with Gasteiger partial charge in [-0.05, 0) is 29.9 Å². The summed E-state index contributed by atoms with van der Waals surface area (Å²) >= 11 is 0. The van der Waals surface area contributed by atoms with Gasteiger partial charge in [0, 0.05) is 12.2 Å². The molecule has 2 heteroatoms. The third kappa shape index (κ3) is 3.72. The average molecular weight is 246 g/mol. The second-order valence-electron chi connectivity index (χ2n) is 6.51. The van der Waals surface area contributed by atoms with Crippen LogP contribution in [0.3, 0.4) is 0 Å². The molecule has 1 aromatic rings. The standard InChI is InChI=1S/C16H26N2/c1-16(2,3)13-10-11-15(17-12-13)18-14-8-6-4-5-7-9-14/h10-12,14H,4-9H2,1-3H3,(H,17,18). The van der Waals surface area contributed by atoms with Crippen molar-refractivity contribution in [3.05, 3.63) is 23.9 Å². The number of nitrogens with zero attached hydrogens (tertiary/aromatic N) is 1. The fourth-order valence-corrected chi connectivity index (χ4v) is 2.56. The normalized spacial score (nSPS) is 18.4. The molecule has 1 fully saturated rings. The molecule has 0 atom stereocenters. The fourth-order valence-electron chi connectivity index (χ4n) is 2.56. The van der Waals surface area contributed by atoms with E-state index in [9.17, 15) is 0 Å². The fraction of sp³-hybridized carbons (Fsp3) is 0.688. The molecule has 1 heterocycles. The SMILES string of the molecule is CC(C)(C)c1ccc(NC2CCCCCC2)nc1. The van der Waals surface area contributed by atoms with E-state index in [-0.39, 0.29) is 5.41 Å². The minimum atomic E-state index is 0.188. The molecule has 0 aliphatic heterocycles. The highest BCUT2D eigenvalue weighted by atomic mass is 15.0. The van der Waals surface area contributed by atoms with Gasteiger partial charge in [0.15, 0.2) is 0 Å². The lowest BCUT2D eigenvalue weighted by Crippen LogP contribution is -2.19. The van der Waals surface area contributed by atoms with Gasteiger partial charge in [-0.1, -0.05) is 52.5 Å². The van der Waals surface area contributed by atoms with E-state index < -0.39 is 0 Å². The van der Waals surface area contributed by atoms with Crippen molar-refractivity contribution in [2.24, 2.45) is 0 Å². The van der Waals surface area contributed by atoms with E-state index in [0.717, 1.165) is 5.82 Å². The van der Waals surface area contributed by atoms with Gasteiger partial charge in [-0.3, -0.25) is 0 Å². The summed E-state index contributed by atoms with van der Waals surface area (Å²) in [6.45, 7) is 6.67. The summed E-state index contributed by atoms with van der Waals surface area (Å²) < 4.78 is 0. The van der Waals surface area contributed by atoms with E-state index in [4.69, 9.17) is 0 Å². The van der Waals surface area contributed by atoms with Gasteiger partial charge >= 0.3 is 0 Å². The Morgan fingerprint density at radius 2 is 1.72 bits per heavy atom. The first-order valence-corrected chi connectivity index (χ1v) is 7.29. The molecule has 0 bridgehead atoms. The van der Waals surface area contributed by atoms with Gasteiger partial charge in [0.05, 0.1) is 0 Å². The number of pyridine rings is 1. The first kappa shape index (κ1) is 13.4. The lowest BCUT2D eigenvalue weighted by molar-refractivity contribution is 0.586. The molecule has 1 aromatic heterocycles. The summed E-state index contributed by atoms with van der Waals surface area (Å²) in [6, 6.07) is 4.96. The van der Waals surface area contributed by atoms with Crippen molar-refractivity contribution in [3.8, 4) is 0 Å². The predicted molar refractivity (Wildman–Crippen MR) is 78.0 cm³/mol. The van der Waals surface area contributed by atoms with E-state index >= 15 is 0 Å². The first-order chi connectivity index (χ1) is 8.55. The molecule has 2 nitrogen and oxygen atoms in total. The monoisotopic (exact) mass is 246 g/mol. The van der Waals surface area contributed by atoms with Crippen molar-refractivity contribution in [2.45, 2.75) is 70.8 Å². The number of hydrogen-bond acceptors (Lipinski definition) is 2. The zero-order valence-electron chi connectivity index (χ0n) is 12.0. The highest BCUT2D eigenvalue weighted by molar-refractivity contribution is 5.38. The van der Waals surface area contributed by atoms with Crippen LogP contribution in [-0.4, -0.2) is 11.0 Å². The smallest absolute Gasteiger partial charge is 0.126 e. The van der Waals surface area contributed by atoms with Gasteiger partial charge in [-0.25, -0.2) is 4.98 Å². The van der Waals surface area contributed by atoms with Crippen LogP contribution in [0.2, 0.25) is 0 Å². The maximum absolute atomic E-state index is 4.56. The van der Waals surface area contributed by atoms with Crippen LogP contribution in [0.25, 0.3) is 0 Å². The van der Waals surface area contributed by atoms with Crippen molar-refractivity contribution in [1.29, 1.82) is 0 Å². The summed E-state index contributed by atoms with van der Waals surface area (Å²) in [5.41, 5.74) is 1.49. The van der Waals surface area contributed by atoms with Crippen LogP contribution in [0.5, 0.6) is 0 Å². The van der Waals surface area contributed by atoms with E-state index in [1.165, 1.54) is 44.1 Å². The van der Waals surface area contributed by atoms with Crippen molar-refractivity contribution in [3.63, 3.8) is 0 Å². The Morgan fingerprint density at radius 1 is 1.06 bits per heavy atom. The van der Waals surface area contributed by atoms with Crippen LogP contribution in [0, 0.1) is 0 Å². The quantitative estimate of drug-likeness (QED) is 0.776. The zero-order chi connectivity index (χ0) is 13.0. The van der Waals surface area contributed by atoms with E-state index in [0.29, 0.717) is 6.04 Å². The van der Waals surface area contributed by atoms with Crippen molar-refractivity contribution in [2.75, 3.05) is 5.32 Å². The Hall–Kier alpha value is -1.05. The van der Waals surface area contributed by atoms with Crippen LogP contribution < -0.4 is 5.32 Å². The van der Waals surface area contributed by atoms with Gasteiger partial charge < -0.3 is 5.32 Å². The Bertz CT molecular complexity index is 354. The molecule has 18 heavy (non-hydrogen) atoms. The molecule has 0 radical (unpaired) electrons. The third-order valence-electron chi connectivity index (χ3n) is 3.84. The molecule has 0 saturated heterocycles. The van der Waals surface area contributed by atoms with Gasteiger partial charge in [-0.2, -0.15) is 0 Å². The summed E-state index contributed by atoms with van der Waals surface area (Å²) in [7, 11) is 0. The Labute approximate surface area is 111 Å². The van der Waals surface area contributed by atoms with E-state index in [1.807, 2.05) is 6.20 Å². The molecule has 0 aromatic carbocycles. The largest absolute Gasteiger partial charge is 0.367 e. The van der Waals surface area contributed by atoms with Crippen LogP contribution in [0.4, 0.5) is 5.82 Å². The van der Waals surface area contributed by atoms with Crippen LogP contribution in [0.15, 0.2) is 18.3 Å². The van der Waals surface area contributed by atoms with Gasteiger partial charge in [0.1, 0.15) is 5.82 Å². The first-order valence-electron chi connectivity index (χ1n) is 7.29. The highest BCUT2D eigenvalue weighted by Gasteiger charge is 2.15. The Balaban J connectivity index is 1.97. The summed E-state index contributed by atoms with van der Waals surface area (Å²) in [4.78, 5) is 4.56. The lowest BCUT2D eigenvalue weighted by atomic mass is 9.88. The van der Waals surface area contributed by atoms with Crippen LogP contribution >= 0.6 is 0 Å². The molecular weight excluding hydrogens is 220 g/mol. The average Bonchev–Trinajstić information content (AvgIpc) is 2.57. The molecule has 1 N–H and O–H groups in total. The second-order valence-corrected chi connectivity index (χ2v) is 6.51. The molecule has 1 aliphatic rings. The van der Waals surface area contributed by atoms with Crippen molar-refractivity contribution < 1.29 is 0 Å². The number of hydrogen-bond donors (Lipinski definition) is 1. The predicted octanol–water partition coefficient (Wildman–Crippen LogP) is 4.51. The molecular formula is C16H26N2. The van der Waals surface area contributed by atoms with Crippen LogP contribution in [-0.2, 0) is 5.41 Å². The lowest BCUT2D eigenvalue weighted by Gasteiger charge is -2.20. The van der Waals surface area contributed by atoms with Gasteiger partial charge in [0.2, 0.25) is 0 Å². The molecule has 1 aliphatic carbocycles. The maximum atomic E-state index is 4.56. The Morgan fingerprint density at radius 3 is 2.22 bits per heavy atom. The van der Waals surface area contributed by atoms with Crippen molar-refractivity contribution >= 4 is 5.82 Å². The van der Waals surface area contributed by atoms with E-state index in [1.54, 1.807) is 0 Å². The number of nitrogens with one attached hydrogen (secondary N) is 1. The van der Waals surface area contributed by atoms with E-state index in [2.05, 4.69) is 43.2 Å². The van der Waals surface area contributed by atoms with Gasteiger partial charge in [-0.15, -0.1) is 0 Å². The number of aromatic nitrogens is 1. The minimum absolute atomic E-state index is 0.188. The second kappa shape index (κ2) is 5.73. The third-order valence-corrected chi connectivity index (χ3v) is 3.84. The molecule has 2 rings (SSSR count). The maximum Gasteiger partial charge on any atom is 0.126 e. The molecule has 0 amide bonds. The van der Waals surface area contributed by atoms with Crippen molar-refractivity contribution in [1.82, 2.24) is 4.98 Å². The molecule has 0 spiro atoms. The topological polar surface area (TPSA) is 24.9 Å².